The third-order valence-corrected chi connectivity index (χ3v) is 3.40. The van der Waals surface area contributed by atoms with Gasteiger partial charge in [0.15, 0.2) is 0 Å². The molecule has 2 nitrogen and oxygen atoms in total. The Morgan fingerprint density at radius 1 is 1.33 bits per heavy atom. The van der Waals surface area contributed by atoms with E-state index in [1.807, 2.05) is 0 Å². The number of hydrogen-bond acceptors (Lipinski definition) is 2. The lowest BCUT2D eigenvalue weighted by atomic mass is 10.2. The Hall–Kier alpha value is -0.123. The summed E-state index contributed by atoms with van der Waals surface area (Å²) in [6.07, 6.45) is 6.00. The third-order valence-electron chi connectivity index (χ3n) is 1.75. The molecule has 0 aliphatic heterocycles. The molecule has 0 unspecified atom stereocenters. The van der Waals surface area contributed by atoms with Crippen LogP contribution in [-0.4, -0.2) is 29.7 Å². The maximum atomic E-state index is 5.09. The minimum atomic E-state index is -0.328. The molecule has 0 rings (SSSR count). The number of hydrogen-bond donors (Lipinski definition) is 0. The van der Waals surface area contributed by atoms with E-state index >= 15 is 0 Å². The monoisotopic (exact) mass is 188 g/mol. The molecule has 0 heterocycles. The topological polar surface area (TPSA) is 18.5 Å². The normalized spacial score (nSPS) is 12.7. The lowest BCUT2D eigenvalue weighted by molar-refractivity contribution is -0.0430. The minimum Gasteiger partial charge on any atom is -0.360 e. The van der Waals surface area contributed by atoms with Crippen molar-refractivity contribution in [2.24, 2.45) is 0 Å². The number of unbranched alkanes of at least 4 members (excludes halogenated alkanes) is 2. The standard InChI is InChI=1S/C9H20O2Si/c1-4-5-6-7-8-12-9(10-2)11-3/h7-9H,4-6,12H2,1-3H3. The second-order valence-corrected chi connectivity index (χ2v) is 4.36. The van der Waals surface area contributed by atoms with Gasteiger partial charge in [-0.1, -0.05) is 31.5 Å². The quantitative estimate of drug-likeness (QED) is 0.342. The SMILES string of the molecule is CCCCC=C[SiH2]C(OC)OC. The van der Waals surface area contributed by atoms with Crippen LogP contribution >= 0.6 is 0 Å². The molecule has 0 fully saturated rings. The first-order valence-electron chi connectivity index (χ1n) is 4.55. The van der Waals surface area contributed by atoms with Crippen molar-refractivity contribution in [3.63, 3.8) is 0 Å². The third kappa shape index (κ3) is 6.58. The molecular weight excluding hydrogens is 168 g/mol. The number of methoxy groups -OCH3 is 2. The minimum absolute atomic E-state index is 0.0582. The van der Waals surface area contributed by atoms with E-state index in [-0.39, 0.29) is 15.4 Å². The number of ether oxygens (including phenoxy) is 2. The van der Waals surface area contributed by atoms with Crippen molar-refractivity contribution in [1.82, 2.24) is 0 Å². The highest BCUT2D eigenvalue weighted by Crippen LogP contribution is 1.95. The van der Waals surface area contributed by atoms with E-state index < -0.39 is 0 Å². The predicted molar refractivity (Wildman–Crippen MR) is 55.0 cm³/mol. The van der Waals surface area contributed by atoms with Crippen LogP contribution < -0.4 is 0 Å². The van der Waals surface area contributed by atoms with Crippen LogP contribution in [0.4, 0.5) is 0 Å². The maximum absolute atomic E-state index is 5.09. The molecule has 3 heteroatoms. The molecule has 0 bridgehead atoms. The first-order chi connectivity index (χ1) is 5.85. The molecule has 72 valence electrons. The molecule has 12 heavy (non-hydrogen) atoms. The highest BCUT2D eigenvalue weighted by molar-refractivity contribution is 6.43. The van der Waals surface area contributed by atoms with E-state index in [0.29, 0.717) is 0 Å². The van der Waals surface area contributed by atoms with E-state index in [9.17, 15) is 0 Å². The maximum Gasteiger partial charge on any atom is 0.138 e. The van der Waals surface area contributed by atoms with E-state index in [0.717, 1.165) is 0 Å². The van der Waals surface area contributed by atoms with Crippen molar-refractivity contribution in [2.75, 3.05) is 14.2 Å². The fourth-order valence-corrected chi connectivity index (χ4v) is 1.97. The van der Waals surface area contributed by atoms with E-state index in [1.165, 1.54) is 19.3 Å². The summed E-state index contributed by atoms with van der Waals surface area (Å²) < 4.78 is 10.2. The summed E-state index contributed by atoms with van der Waals surface area (Å²) in [5, 5.41) is 0. The summed E-state index contributed by atoms with van der Waals surface area (Å²) in [4.78, 5) is 0. The zero-order chi connectivity index (χ0) is 9.23. The fourth-order valence-electron chi connectivity index (χ4n) is 0.936. The van der Waals surface area contributed by atoms with Gasteiger partial charge in [-0.2, -0.15) is 0 Å². The van der Waals surface area contributed by atoms with Crippen LogP contribution in [0, 0.1) is 0 Å². The Morgan fingerprint density at radius 3 is 2.50 bits per heavy atom. The Bertz CT molecular complexity index is 111. The molecule has 0 aliphatic rings. The lowest BCUT2D eigenvalue weighted by Gasteiger charge is -2.09. The Balaban J connectivity index is 3.31. The summed E-state index contributed by atoms with van der Waals surface area (Å²) in [6, 6.07) is 0. The van der Waals surface area contributed by atoms with Gasteiger partial charge in [-0.25, -0.2) is 0 Å². The highest BCUT2D eigenvalue weighted by Gasteiger charge is 2.00. The fraction of sp³-hybridized carbons (Fsp3) is 0.778. The Labute approximate surface area is 77.8 Å². The van der Waals surface area contributed by atoms with Crippen LogP contribution in [0.25, 0.3) is 0 Å². The first kappa shape index (κ1) is 11.9. The lowest BCUT2D eigenvalue weighted by Crippen LogP contribution is -2.19. The molecule has 0 aliphatic carbocycles. The van der Waals surface area contributed by atoms with Gasteiger partial charge in [-0.05, 0) is 6.42 Å². The molecule has 0 aromatic carbocycles. The molecular formula is C9H20O2Si. The van der Waals surface area contributed by atoms with Crippen LogP contribution in [0.2, 0.25) is 0 Å². The summed E-state index contributed by atoms with van der Waals surface area (Å²) in [5.41, 5.74) is 2.26. The van der Waals surface area contributed by atoms with Crippen LogP contribution in [0.15, 0.2) is 11.8 Å². The summed E-state index contributed by atoms with van der Waals surface area (Å²) in [6.45, 7) is 2.21. The van der Waals surface area contributed by atoms with E-state index in [2.05, 4.69) is 18.7 Å². The van der Waals surface area contributed by atoms with Gasteiger partial charge in [0.05, 0.1) is 0 Å². The van der Waals surface area contributed by atoms with Crippen molar-refractivity contribution >= 4 is 9.52 Å². The Morgan fingerprint density at radius 2 is 2.00 bits per heavy atom. The average molecular weight is 188 g/mol. The van der Waals surface area contributed by atoms with Gasteiger partial charge in [-0.3, -0.25) is 0 Å². The first-order valence-corrected chi connectivity index (χ1v) is 6.19. The molecule has 0 atom stereocenters. The van der Waals surface area contributed by atoms with Crippen molar-refractivity contribution in [1.29, 1.82) is 0 Å². The van der Waals surface area contributed by atoms with Gasteiger partial charge in [0.25, 0.3) is 0 Å². The summed E-state index contributed by atoms with van der Waals surface area (Å²) in [5.74, 6) is 0.0582. The van der Waals surface area contributed by atoms with Crippen LogP contribution in [0.5, 0.6) is 0 Å². The van der Waals surface area contributed by atoms with E-state index in [4.69, 9.17) is 9.47 Å². The van der Waals surface area contributed by atoms with Crippen molar-refractivity contribution < 1.29 is 9.47 Å². The summed E-state index contributed by atoms with van der Waals surface area (Å²) >= 11 is 0. The van der Waals surface area contributed by atoms with Crippen molar-refractivity contribution in [2.45, 2.75) is 32.1 Å². The van der Waals surface area contributed by atoms with Gasteiger partial charge in [0.2, 0.25) is 0 Å². The zero-order valence-electron chi connectivity index (χ0n) is 8.38. The van der Waals surface area contributed by atoms with Gasteiger partial charge >= 0.3 is 0 Å². The largest absolute Gasteiger partial charge is 0.360 e. The smallest absolute Gasteiger partial charge is 0.138 e. The molecule has 0 aromatic rings. The Kier molecular flexibility index (Phi) is 8.88. The number of allylic oxidation sites excluding steroid dienone is 1. The van der Waals surface area contributed by atoms with Crippen LogP contribution in [0.3, 0.4) is 0 Å². The van der Waals surface area contributed by atoms with Gasteiger partial charge in [0.1, 0.15) is 15.4 Å². The number of rotatable bonds is 7. The van der Waals surface area contributed by atoms with Crippen molar-refractivity contribution in [3.8, 4) is 0 Å². The van der Waals surface area contributed by atoms with Crippen LogP contribution in [0.1, 0.15) is 26.2 Å². The van der Waals surface area contributed by atoms with Gasteiger partial charge in [-0.15, -0.1) is 0 Å². The summed E-state index contributed by atoms with van der Waals surface area (Å²) in [7, 11) is 3.06. The molecule has 0 N–H and O–H groups in total. The second-order valence-electron chi connectivity index (χ2n) is 2.75. The second kappa shape index (κ2) is 8.97. The molecule has 0 amide bonds. The van der Waals surface area contributed by atoms with Gasteiger partial charge in [0, 0.05) is 14.2 Å². The molecule has 0 spiro atoms. The zero-order valence-corrected chi connectivity index (χ0v) is 9.79. The van der Waals surface area contributed by atoms with Crippen molar-refractivity contribution in [3.05, 3.63) is 11.8 Å². The predicted octanol–water partition coefficient (Wildman–Crippen LogP) is 1.44. The molecule has 0 radical (unpaired) electrons. The highest BCUT2D eigenvalue weighted by atomic mass is 28.2. The van der Waals surface area contributed by atoms with Gasteiger partial charge < -0.3 is 9.47 Å². The van der Waals surface area contributed by atoms with Crippen LogP contribution in [-0.2, 0) is 9.47 Å². The molecule has 0 aromatic heterocycles. The van der Waals surface area contributed by atoms with E-state index in [1.54, 1.807) is 14.2 Å². The molecule has 0 saturated heterocycles. The molecule has 0 saturated carbocycles. The average Bonchev–Trinajstić information content (AvgIpc) is 2.11.